The third-order valence-corrected chi connectivity index (χ3v) is 4.30. The average Bonchev–Trinajstić information content (AvgIpc) is 2.96. The standard InChI is InChI=1S/C18H17N3O2S/c1-11(22)13-4-6-15(7-5-13)20-16-10-14(8-9-19-16)17-12(2)23-21-18(17)24-3/h4-10H,1-3H3,(H,19,20). The molecule has 0 spiro atoms. The van der Waals surface area contributed by atoms with Crippen molar-refractivity contribution in [3.63, 3.8) is 0 Å². The van der Waals surface area contributed by atoms with Crippen molar-refractivity contribution in [2.24, 2.45) is 0 Å². The predicted molar refractivity (Wildman–Crippen MR) is 96.0 cm³/mol. The summed E-state index contributed by atoms with van der Waals surface area (Å²) in [5.74, 6) is 1.55. The molecule has 0 unspecified atom stereocenters. The molecular formula is C18H17N3O2S. The van der Waals surface area contributed by atoms with Crippen molar-refractivity contribution in [1.82, 2.24) is 10.1 Å². The third-order valence-electron chi connectivity index (χ3n) is 3.64. The number of benzene rings is 1. The fraction of sp³-hybridized carbons (Fsp3) is 0.167. The van der Waals surface area contributed by atoms with E-state index in [1.807, 2.05) is 37.4 Å². The van der Waals surface area contributed by atoms with Crippen LogP contribution in [-0.4, -0.2) is 22.2 Å². The lowest BCUT2D eigenvalue weighted by Gasteiger charge is -2.08. The van der Waals surface area contributed by atoms with Crippen LogP contribution in [0, 0.1) is 6.92 Å². The lowest BCUT2D eigenvalue weighted by Crippen LogP contribution is -1.96. The predicted octanol–water partition coefficient (Wildman–Crippen LogP) is 4.71. The minimum atomic E-state index is 0.0502. The van der Waals surface area contributed by atoms with Crippen molar-refractivity contribution in [1.29, 1.82) is 0 Å². The molecule has 24 heavy (non-hydrogen) atoms. The first kappa shape index (κ1) is 16.3. The zero-order valence-electron chi connectivity index (χ0n) is 13.7. The van der Waals surface area contributed by atoms with Crippen LogP contribution in [0.5, 0.6) is 0 Å². The average molecular weight is 339 g/mol. The largest absolute Gasteiger partial charge is 0.360 e. The van der Waals surface area contributed by atoms with E-state index in [0.717, 1.165) is 33.4 Å². The molecule has 122 valence electrons. The van der Waals surface area contributed by atoms with Crippen molar-refractivity contribution in [3.8, 4) is 11.1 Å². The van der Waals surface area contributed by atoms with Crippen molar-refractivity contribution >= 4 is 29.1 Å². The maximum Gasteiger partial charge on any atom is 0.159 e. The Labute approximate surface area is 144 Å². The number of rotatable bonds is 5. The lowest BCUT2D eigenvalue weighted by molar-refractivity contribution is 0.101. The van der Waals surface area contributed by atoms with Gasteiger partial charge in [-0.05, 0) is 62.1 Å². The first-order valence-electron chi connectivity index (χ1n) is 7.43. The molecule has 1 N–H and O–H groups in total. The van der Waals surface area contributed by atoms with Crippen LogP contribution in [0.3, 0.4) is 0 Å². The highest BCUT2D eigenvalue weighted by Crippen LogP contribution is 2.33. The number of carbonyl (C=O) groups excluding carboxylic acids is 1. The summed E-state index contributed by atoms with van der Waals surface area (Å²) in [5.41, 5.74) is 3.54. The number of ketones is 1. The van der Waals surface area contributed by atoms with E-state index in [1.165, 1.54) is 0 Å². The highest BCUT2D eigenvalue weighted by atomic mass is 32.2. The van der Waals surface area contributed by atoms with Gasteiger partial charge in [0.15, 0.2) is 5.78 Å². The van der Waals surface area contributed by atoms with Gasteiger partial charge in [0.2, 0.25) is 0 Å². The molecule has 2 heterocycles. The summed E-state index contributed by atoms with van der Waals surface area (Å²) in [6, 6.07) is 11.2. The molecule has 0 saturated carbocycles. The molecule has 0 saturated heterocycles. The summed E-state index contributed by atoms with van der Waals surface area (Å²) >= 11 is 1.55. The zero-order chi connectivity index (χ0) is 17.1. The number of thioether (sulfide) groups is 1. The number of anilines is 2. The summed E-state index contributed by atoms with van der Waals surface area (Å²) in [6.07, 6.45) is 3.72. The van der Waals surface area contributed by atoms with E-state index in [-0.39, 0.29) is 5.78 Å². The molecular weight excluding hydrogens is 322 g/mol. The highest BCUT2D eigenvalue weighted by Gasteiger charge is 2.14. The normalized spacial score (nSPS) is 10.6. The van der Waals surface area contributed by atoms with Gasteiger partial charge in [-0.3, -0.25) is 4.79 Å². The van der Waals surface area contributed by atoms with E-state index in [0.29, 0.717) is 5.56 Å². The molecule has 2 aromatic heterocycles. The molecule has 0 amide bonds. The Morgan fingerprint density at radius 2 is 1.96 bits per heavy atom. The maximum atomic E-state index is 11.3. The molecule has 0 fully saturated rings. The first-order chi connectivity index (χ1) is 11.6. The van der Waals surface area contributed by atoms with Crippen LogP contribution in [0.25, 0.3) is 11.1 Å². The molecule has 3 rings (SSSR count). The quantitative estimate of drug-likeness (QED) is 0.536. The minimum absolute atomic E-state index is 0.0502. The summed E-state index contributed by atoms with van der Waals surface area (Å²) in [5, 5.41) is 8.17. The maximum absolute atomic E-state index is 11.3. The number of nitrogens with one attached hydrogen (secondary N) is 1. The number of hydrogen-bond donors (Lipinski definition) is 1. The molecule has 0 aliphatic carbocycles. The number of nitrogens with zero attached hydrogens (tertiary/aromatic N) is 2. The summed E-state index contributed by atoms with van der Waals surface area (Å²) in [7, 11) is 0. The van der Waals surface area contributed by atoms with Gasteiger partial charge in [0, 0.05) is 17.4 Å². The lowest BCUT2D eigenvalue weighted by atomic mass is 10.1. The highest BCUT2D eigenvalue weighted by molar-refractivity contribution is 7.98. The molecule has 0 radical (unpaired) electrons. The fourth-order valence-corrected chi connectivity index (χ4v) is 2.99. The van der Waals surface area contributed by atoms with Crippen LogP contribution in [0.15, 0.2) is 52.1 Å². The second kappa shape index (κ2) is 6.88. The van der Waals surface area contributed by atoms with Gasteiger partial charge >= 0.3 is 0 Å². The van der Waals surface area contributed by atoms with Crippen LogP contribution < -0.4 is 5.32 Å². The van der Waals surface area contributed by atoms with Gasteiger partial charge in [-0.25, -0.2) is 4.98 Å². The van der Waals surface area contributed by atoms with Gasteiger partial charge < -0.3 is 9.84 Å². The van der Waals surface area contributed by atoms with Crippen LogP contribution >= 0.6 is 11.8 Å². The molecule has 0 aliphatic rings. The number of aryl methyl sites for hydroxylation is 1. The van der Waals surface area contributed by atoms with Crippen molar-refractivity contribution in [2.45, 2.75) is 18.9 Å². The topological polar surface area (TPSA) is 68.0 Å². The van der Waals surface area contributed by atoms with Gasteiger partial charge in [0.1, 0.15) is 16.6 Å². The van der Waals surface area contributed by atoms with E-state index in [4.69, 9.17) is 4.52 Å². The minimum Gasteiger partial charge on any atom is -0.360 e. The number of aromatic nitrogens is 2. The van der Waals surface area contributed by atoms with Crippen molar-refractivity contribution < 1.29 is 9.32 Å². The van der Waals surface area contributed by atoms with Crippen molar-refractivity contribution in [3.05, 3.63) is 53.9 Å². The van der Waals surface area contributed by atoms with Crippen LogP contribution in [0.4, 0.5) is 11.5 Å². The Morgan fingerprint density at radius 1 is 1.21 bits per heavy atom. The Hall–Kier alpha value is -2.60. The Bertz CT molecular complexity index is 872. The summed E-state index contributed by atoms with van der Waals surface area (Å²) in [4.78, 5) is 15.7. The zero-order valence-corrected chi connectivity index (χ0v) is 14.5. The first-order valence-corrected chi connectivity index (χ1v) is 8.65. The number of hydrogen-bond acceptors (Lipinski definition) is 6. The van der Waals surface area contributed by atoms with Gasteiger partial charge in [0.05, 0.1) is 5.56 Å². The van der Waals surface area contributed by atoms with Crippen LogP contribution in [0.1, 0.15) is 23.0 Å². The molecule has 5 nitrogen and oxygen atoms in total. The van der Waals surface area contributed by atoms with Crippen molar-refractivity contribution in [2.75, 3.05) is 11.6 Å². The molecule has 0 aliphatic heterocycles. The van der Waals surface area contributed by atoms with Gasteiger partial charge in [-0.15, -0.1) is 11.8 Å². The van der Waals surface area contributed by atoms with Gasteiger partial charge in [-0.2, -0.15) is 0 Å². The molecule has 6 heteroatoms. The molecule has 1 aromatic carbocycles. The summed E-state index contributed by atoms with van der Waals surface area (Å²) in [6.45, 7) is 3.45. The molecule has 3 aromatic rings. The van der Waals surface area contributed by atoms with E-state index in [1.54, 1.807) is 37.0 Å². The molecule has 0 bridgehead atoms. The second-order valence-electron chi connectivity index (χ2n) is 5.31. The fourth-order valence-electron chi connectivity index (χ4n) is 2.41. The smallest absolute Gasteiger partial charge is 0.159 e. The Morgan fingerprint density at radius 3 is 2.62 bits per heavy atom. The number of carbonyl (C=O) groups is 1. The SMILES string of the molecule is CSc1noc(C)c1-c1ccnc(Nc2ccc(C(C)=O)cc2)c1. The van der Waals surface area contributed by atoms with Crippen LogP contribution in [-0.2, 0) is 0 Å². The summed E-state index contributed by atoms with van der Waals surface area (Å²) < 4.78 is 5.29. The van der Waals surface area contributed by atoms with Crippen LogP contribution in [0.2, 0.25) is 0 Å². The van der Waals surface area contributed by atoms with E-state index < -0.39 is 0 Å². The third kappa shape index (κ3) is 3.33. The second-order valence-corrected chi connectivity index (χ2v) is 6.11. The monoisotopic (exact) mass is 339 g/mol. The van der Waals surface area contributed by atoms with E-state index in [2.05, 4.69) is 15.5 Å². The molecule has 0 atom stereocenters. The Balaban J connectivity index is 1.88. The van der Waals surface area contributed by atoms with Gasteiger partial charge in [-0.1, -0.05) is 5.16 Å². The van der Waals surface area contributed by atoms with E-state index in [9.17, 15) is 4.79 Å². The Kier molecular flexibility index (Phi) is 4.66. The number of Topliss-reactive ketones (excluding diaryl/α,β-unsaturated/α-hetero) is 1. The van der Waals surface area contributed by atoms with E-state index >= 15 is 0 Å². The van der Waals surface area contributed by atoms with Gasteiger partial charge in [0.25, 0.3) is 0 Å². The number of pyridine rings is 1.